The topological polar surface area (TPSA) is 206 Å². The van der Waals surface area contributed by atoms with E-state index >= 15 is 0 Å². The predicted octanol–water partition coefficient (Wildman–Crippen LogP) is 7.63. The zero-order chi connectivity index (χ0) is 51.3. The van der Waals surface area contributed by atoms with Gasteiger partial charge in [-0.3, -0.25) is 38.7 Å². The number of carbonyl (C=O) groups is 6. The van der Waals surface area contributed by atoms with Gasteiger partial charge in [0.2, 0.25) is 17.7 Å². The first-order valence-electron chi connectivity index (χ1n) is 24.7. The minimum absolute atomic E-state index is 0.000129. The van der Waals surface area contributed by atoms with Gasteiger partial charge in [0.15, 0.2) is 23.0 Å². The third-order valence-electron chi connectivity index (χ3n) is 13.6. The van der Waals surface area contributed by atoms with E-state index in [1.54, 1.807) is 54.4 Å². The fourth-order valence-corrected chi connectivity index (χ4v) is 9.74. The zero-order valence-corrected chi connectivity index (χ0v) is 41.5. The maximum absolute atomic E-state index is 14.1. The number of rotatable bonds is 19. The van der Waals surface area contributed by atoms with Crippen LogP contribution in [0.4, 0.5) is 28.4 Å². The van der Waals surface area contributed by atoms with Crippen molar-refractivity contribution < 1.29 is 47.7 Å². The van der Waals surface area contributed by atoms with Gasteiger partial charge in [0, 0.05) is 67.6 Å². The Morgan fingerprint density at radius 2 is 1.30 bits per heavy atom. The molecule has 5 aromatic carbocycles. The van der Waals surface area contributed by atoms with Gasteiger partial charge in [0.25, 0.3) is 11.8 Å². The van der Waals surface area contributed by atoms with Crippen molar-refractivity contribution in [2.24, 2.45) is 4.99 Å². The summed E-state index contributed by atoms with van der Waals surface area (Å²) in [5.74, 6) is -0.191. The number of benzene rings is 5. The molecule has 4 heterocycles. The van der Waals surface area contributed by atoms with E-state index in [2.05, 4.69) is 21.3 Å². The molecule has 0 aromatic heterocycles. The van der Waals surface area contributed by atoms with Crippen molar-refractivity contribution in [3.63, 3.8) is 0 Å². The Morgan fingerprint density at radius 3 is 1.99 bits per heavy atom. The molecule has 4 aliphatic heterocycles. The third-order valence-corrected chi connectivity index (χ3v) is 13.6. The summed E-state index contributed by atoms with van der Waals surface area (Å²) in [7, 11) is 3.01. The minimum Gasteiger partial charge on any atom is -0.493 e. The smallest absolute Gasteiger partial charge is 0.261 e. The number of para-hydroxylation sites is 2. The summed E-state index contributed by atoms with van der Waals surface area (Å²) in [4.78, 5) is 87.6. The van der Waals surface area contributed by atoms with Crippen LogP contribution in [-0.2, 0) is 45.2 Å². The number of ketones is 1. The molecule has 0 saturated heterocycles. The van der Waals surface area contributed by atoms with Gasteiger partial charge in [-0.15, -0.1) is 0 Å². The maximum atomic E-state index is 14.1. The van der Waals surface area contributed by atoms with E-state index in [0.29, 0.717) is 101 Å². The number of anilines is 4. The molecule has 0 aliphatic carbocycles. The predicted molar refractivity (Wildman–Crippen MR) is 277 cm³/mol. The molecule has 0 fully saturated rings. The molecule has 9 rings (SSSR count). The van der Waals surface area contributed by atoms with Gasteiger partial charge < -0.3 is 45.1 Å². The number of fused-ring (bicyclic) bond motifs is 8. The molecule has 0 bridgehead atoms. The number of carbonyl (C=O) groups excluding carboxylic acids is 6. The van der Waals surface area contributed by atoms with Crippen molar-refractivity contribution in [1.29, 1.82) is 0 Å². The number of Topliss-reactive ketones (excluding diaryl/α,β-unsaturated/α-hetero) is 1. The summed E-state index contributed by atoms with van der Waals surface area (Å²) < 4.78 is 24.4. The second kappa shape index (κ2) is 21.6. The van der Waals surface area contributed by atoms with Crippen LogP contribution in [0.15, 0.2) is 96.0 Å². The molecule has 73 heavy (non-hydrogen) atoms. The third kappa shape index (κ3) is 10.7. The fraction of sp³-hybridized carbons (Fsp3) is 0.339. The highest BCUT2D eigenvalue weighted by Gasteiger charge is 2.39. The number of hydrogen-bond acceptors (Lipinski definition) is 12. The standard InChI is InChI=1S/C56H59N7O10/c1-6-41(64)15-9-12-18-52(65)59-32(2)53(66)60-33(3)54(67)61-38-20-34(30-72-50-26-44-42(24-48(50)70-4)55(68)62-39(28-57-44)22-36-13-7-10-16-46(36)62)19-35(21-38)31-73-51-27-45-43(25-49(51)71-5)56(69)63-40(29-58-45)23-37-14-8-11-17-47(37)63/h7-8,10-11,13-14,16-17,19-21,24-28,32-33,39-40,58H,6,9,12,15,18,22-23,29-31H2,1-5H3,(H,59,65)(H,60,66)(H,61,67)/t32-,33-,39-,40?/m0/s1. The molecule has 1 unspecified atom stereocenters. The first-order valence-corrected chi connectivity index (χ1v) is 24.7. The number of amides is 5. The highest BCUT2D eigenvalue weighted by molar-refractivity contribution is 6.15. The maximum Gasteiger partial charge on any atom is 0.261 e. The summed E-state index contributed by atoms with van der Waals surface area (Å²) in [6.07, 6.45) is 5.31. The second-order valence-corrected chi connectivity index (χ2v) is 18.7. The molecule has 17 nitrogen and oxygen atoms in total. The van der Waals surface area contributed by atoms with E-state index < -0.39 is 23.9 Å². The van der Waals surface area contributed by atoms with E-state index in [1.165, 1.54) is 28.1 Å². The molecule has 378 valence electrons. The summed E-state index contributed by atoms with van der Waals surface area (Å²) >= 11 is 0. The highest BCUT2D eigenvalue weighted by Crippen LogP contribution is 2.43. The van der Waals surface area contributed by atoms with Gasteiger partial charge in [0.1, 0.15) is 31.1 Å². The Kier molecular flexibility index (Phi) is 14.8. The molecule has 5 amide bonds. The van der Waals surface area contributed by atoms with Crippen molar-refractivity contribution in [2.45, 2.75) is 103 Å². The van der Waals surface area contributed by atoms with Crippen LogP contribution in [-0.4, -0.2) is 86.5 Å². The summed E-state index contributed by atoms with van der Waals surface area (Å²) in [6.45, 7) is 5.40. The average Bonchev–Trinajstić information content (AvgIpc) is 3.89. The van der Waals surface area contributed by atoms with Gasteiger partial charge in [0.05, 0.1) is 48.8 Å². The molecule has 4 atom stereocenters. The Bertz CT molecular complexity index is 3030. The second-order valence-electron chi connectivity index (χ2n) is 18.7. The number of aliphatic imine (C=N–C) groups is 1. The van der Waals surface area contributed by atoms with E-state index in [0.717, 1.165) is 28.9 Å². The van der Waals surface area contributed by atoms with Gasteiger partial charge in [-0.2, -0.15) is 0 Å². The van der Waals surface area contributed by atoms with Gasteiger partial charge in [-0.1, -0.05) is 43.3 Å². The van der Waals surface area contributed by atoms with Gasteiger partial charge in [-0.05, 0) is 97.8 Å². The SMILES string of the molecule is CCC(=O)CCCCC(=O)N[C@@H](C)C(=O)N[C@@H](C)C(=O)Nc1cc(COc2cc3c(cc2OC)C(=O)N2c4ccccc4C[C@H]2C=N3)cc(COc2cc3c(cc2OC)C(=O)N2c4ccccc4CC2CN3)c1. The van der Waals surface area contributed by atoms with Crippen LogP contribution in [0.1, 0.15) is 95.8 Å². The molecule has 5 aromatic rings. The zero-order valence-electron chi connectivity index (χ0n) is 41.5. The van der Waals surface area contributed by atoms with Crippen molar-refractivity contribution in [1.82, 2.24) is 10.6 Å². The Hall–Kier alpha value is -8.21. The van der Waals surface area contributed by atoms with Gasteiger partial charge >= 0.3 is 0 Å². The molecule has 4 N–H and O–H groups in total. The molecule has 17 heteroatoms. The van der Waals surface area contributed by atoms with E-state index in [1.807, 2.05) is 59.5 Å². The highest BCUT2D eigenvalue weighted by atomic mass is 16.5. The van der Waals surface area contributed by atoms with Crippen LogP contribution in [0.5, 0.6) is 23.0 Å². The number of methoxy groups -OCH3 is 2. The van der Waals surface area contributed by atoms with Crippen LogP contribution in [0, 0.1) is 0 Å². The minimum atomic E-state index is -1.01. The summed E-state index contributed by atoms with van der Waals surface area (Å²) in [5, 5.41) is 11.7. The van der Waals surface area contributed by atoms with Crippen molar-refractivity contribution >= 4 is 70.0 Å². The molecule has 0 saturated carbocycles. The van der Waals surface area contributed by atoms with Crippen molar-refractivity contribution in [2.75, 3.05) is 41.2 Å². The number of hydrogen-bond donors (Lipinski definition) is 4. The van der Waals surface area contributed by atoms with Crippen LogP contribution in [0.3, 0.4) is 0 Å². The molecular formula is C56H59N7O10. The largest absolute Gasteiger partial charge is 0.493 e. The average molecular weight is 990 g/mol. The van der Waals surface area contributed by atoms with E-state index in [-0.39, 0.29) is 55.2 Å². The van der Waals surface area contributed by atoms with E-state index in [4.69, 9.17) is 23.9 Å². The Balaban J connectivity index is 0.931. The number of nitrogens with zero attached hydrogens (tertiary/aromatic N) is 3. The molecule has 0 radical (unpaired) electrons. The van der Waals surface area contributed by atoms with Crippen molar-refractivity contribution in [3.8, 4) is 23.0 Å². The summed E-state index contributed by atoms with van der Waals surface area (Å²) in [5.41, 5.74) is 7.44. The lowest BCUT2D eigenvalue weighted by atomic mass is 10.1. The molecule has 0 spiro atoms. The molecule has 4 aliphatic rings. The van der Waals surface area contributed by atoms with Gasteiger partial charge in [-0.25, -0.2) is 0 Å². The van der Waals surface area contributed by atoms with Crippen LogP contribution < -0.4 is 50.0 Å². The van der Waals surface area contributed by atoms with Crippen LogP contribution >= 0.6 is 0 Å². The Morgan fingerprint density at radius 1 is 0.699 bits per heavy atom. The quantitative estimate of drug-likeness (QED) is 0.0592. The van der Waals surface area contributed by atoms with E-state index in [9.17, 15) is 28.8 Å². The van der Waals surface area contributed by atoms with Crippen molar-refractivity contribution in [3.05, 3.63) is 124 Å². The molecular weight excluding hydrogens is 931 g/mol. The Labute approximate surface area is 423 Å². The first kappa shape index (κ1) is 49.8. The lowest BCUT2D eigenvalue weighted by Crippen LogP contribution is -2.50. The number of ether oxygens (including phenoxy) is 4. The number of nitrogens with one attached hydrogen (secondary N) is 4. The first-order chi connectivity index (χ1) is 35.3. The van der Waals surface area contributed by atoms with Crippen LogP contribution in [0.2, 0.25) is 0 Å². The lowest BCUT2D eigenvalue weighted by molar-refractivity contribution is -0.130. The number of unbranched alkanes of at least 4 members (excludes halogenated alkanes) is 1. The fourth-order valence-electron chi connectivity index (χ4n) is 9.74. The van der Waals surface area contributed by atoms with Crippen LogP contribution in [0.25, 0.3) is 0 Å². The lowest BCUT2D eigenvalue weighted by Gasteiger charge is -2.22. The monoisotopic (exact) mass is 989 g/mol. The normalized spacial score (nSPS) is 16.7. The summed E-state index contributed by atoms with van der Waals surface area (Å²) in [6, 6.07) is 25.6.